The van der Waals surface area contributed by atoms with Crippen LogP contribution in [0.2, 0.25) is 0 Å². The summed E-state index contributed by atoms with van der Waals surface area (Å²) in [7, 11) is 0. The second-order valence-corrected chi connectivity index (χ2v) is 3.22. The number of hydrogen-bond donors (Lipinski definition) is 0. The Kier molecular flexibility index (Phi) is 3.51. The van der Waals surface area contributed by atoms with E-state index in [4.69, 9.17) is 0 Å². The molecular weight excluding hydrogens is 156 g/mol. The highest BCUT2D eigenvalue weighted by Crippen LogP contribution is 2.24. The highest BCUT2D eigenvalue weighted by Gasteiger charge is 2.05. The summed E-state index contributed by atoms with van der Waals surface area (Å²) in [5.74, 6) is 0. The van der Waals surface area contributed by atoms with Crippen LogP contribution >= 0.6 is 0 Å². The van der Waals surface area contributed by atoms with Crippen LogP contribution in [0, 0.1) is 0 Å². The van der Waals surface area contributed by atoms with E-state index >= 15 is 0 Å². The summed E-state index contributed by atoms with van der Waals surface area (Å²) >= 11 is 0. The van der Waals surface area contributed by atoms with Gasteiger partial charge in [0.25, 0.3) is 0 Å². The van der Waals surface area contributed by atoms with Gasteiger partial charge < -0.3 is 0 Å². The van der Waals surface area contributed by atoms with Gasteiger partial charge in [0.2, 0.25) is 0 Å². The van der Waals surface area contributed by atoms with E-state index < -0.39 is 0 Å². The normalized spacial score (nSPS) is 16.7. The quantitative estimate of drug-likeness (QED) is 0.565. The van der Waals surface area contributed by atoms with Gasteiger partial charge in [-0.25, -0.2) is 0 Å². The van der Waals surface area contributed by atoms with Crippen LogP contribution in [0.3, 0.4) is 0 Å². The van der Waals surface area contributed by atoms with Gasteiger partial charge in [0.05, 0.1) is 0 Å². The molecule has 0 aromatic heterocycles. The molecule has 0 aromatic carbocycles. The molecule has 0 aliphatic heterocycles. The molecule has 0 radical (unpaired) electrons. The van der Waals surface area contributed by atoms with Gasteiger partial charge in [0.1, 0.15) is 0 Å². The molecule has 0 N–H and O–H groups in total. The van der Waals surface area contributed by atoms with Crippen molar-refractivity contribution in [1.29, 1.82) is 0 Å². The lowest BCUT2D eigenvalue weighted by molar-refractivity contribution is 0.957. The van der Waals surface area contributed by atoms with Crippen molar-refractivity contribution in [2.45, 2.75) is 19.8 Å². The van der Waals surface area contributed by atoms with Crippen molar-refractivity contribution < 1.29 is 0 Å². The van der Waals surface area contributed by atoms with Crippen molar-refractivity contribution in [2.75, 3.05) is 0 Å². The minimum Gasteiger partial charge on any atom is -0.0991 e. The highest BCUT2D eigenvalue weighted by atomic mass is 14.1. The van der Waals surface area contributed by atoms with Gasteiger partial charge in [0, 0.05) is 0 Å². The summed E-state index contributed by atoms with van der Waals surface area (Å²) in [4.78, 5) is 0. The van der Waals surface area contributed by atoms with Gasteiger partial charge in [-0.05, 0) is 36.5 Å². The first-order valence-electron chi connectivity index (χ1n) is 4.60. The smallest absolute Gasteiger partial charge is 0.0236 e. The van der Waals surface area contributed by atoms with Crippen molar-refractivity contribution in [3.63, 3.8) is 0 Å². The zero-order valence-electron chi connectivity index (χ0n) is 8.22. The van der Waals surface area contributed by atoms with Crippen LogP contribution in [0.1, 0.15) is 19.8 Å². The Morgan fingerprint density at radius 1 is 1.54 bits per heavy atom. The lowest BCUT2D eigenvalue weighted by Gasteiger charge is -2.13. The maximum Gasteiger partial charge on any atom is -0.0236 e. The lowest BCUT2D eigenvalue weighted by Crippen LogP contribution is -1.93. The van der Waals surface area contributed by atoms with Crippen molar-refractivity contribution in [1.82, 2.24) is 0 Å². The molecule has 68 valence electrons. The maximum absolute atomic E-state index is 4.04. The predicted octanol–water partition coefficient (Wildman–Crippen LogP) is 3.95. The first-order valence-corrected chi connectivity index (χ1v) is 4.60. The average Bonchev–Trinajstić information content (AvgIpc) is 2.15. The molecule has 0 bridgehead atoms. The van der Waals surface area contributed by atoms with Gasteiger partial charge in [-0.2, -0.15) is 0 Å². The molecule has 0 unspecified atom stereocenters. The second-order valence-electron chi connectivity index (χ2n) is 3.22. The van der Waals surface area contributed by atoms with Crippen LogP contribution in [0.25, 0.3) is 0 Å². The van der Waals surface area contributed by atoms with E-state index in [0.717, 1.165) is 18.4 Å². The number of rotatable bonds is 3. The summed E-state index contributed by atoms with van der Waals surface area (Å²) in [6.07, 6.45) is 12.4. The zero-order chi connectivity index (χ0) is 9.68. The summed E-state index contributed by atoms with van der Waals surface area (Å²) in [6, 6.07) is 0. The fourth-order valence-electron chi connectivity index (χ4n) is 1.48. The molecule has 1 aliphatic carbocycles. The van der Waals surface area contributed by atoms with Crippen LogP contribution in [0.4, 0.5) is 0 Å². The Morgan fingerprint density at radius 2 is 2.31 bits per heavy atom. The standard InChI is InChI=1S/C13H16/c1-4-5-8-11(2)13-10-7-6-9-12(13)3/h4-6,8-9H,1-2,7,10H2,3H3/b8-5-. The average molecular weight is 172 g/mol. The molecule has 0 saturated heterocycles. The molecule has 1 rings (SSSR count). The van der Waals surface area contributed by atoms with Gasteiger partial charge in [-0.1, -0.05) is 43.5 Å². The third kappa shape index (κ3) is 2.59. The summed E-state index contributed by atoms with van der Waals surface area (Å²) in [5.41, 5.74) is 3.83. The van der Waals surface area contributed by atoms with Crippen LogP contribution in [-0.4, -0.2) is 0 Å². The second kappa shape index (κ2) is 4.66. The molecule has 0 heteroatoms. The van der Waals surface area contributed by atoms with Gasteiger partial charge in [-0.15, -0.1) is 0 Å². The van der Waals surface area contributed by atoms with Crippen LogP contribution in [0.15, 0.2) is 60.3 Å². The Bertz CT molecular complexity index is 298. The van der Waals surface area contributed by atoms with E-state index in [0.29, 0.717) is 0 Å². The highest BCUT2D eigenvalue weighted by molar-refractivity contribution is 5.45. The first kappa shape index (κ1) is 9.79. The zero-order valence-corrected chi connectivity index (χ0v) is 8.22. The molecule has 0 fully saturated rings. The fourth-order valence-corrected chi connectivity index (χ4v) is 1.48. The summed E-state index contributed by atoms with van der Waals surface area (Å²) < 4.78 is 0. The SMILES string of the molecule is C=C/C=C\C(=C)C1=C(C)C=CCC1. The molecule has 0 spiro atoms. The van der Waals surface area contributed by atoms with E-state index in [1.165, 1.54) is 11.1 Å². The summed E-state index contributed by atoms with van der Waals surface area (Å²) in [6.45, 7) is 9.82. The van der Waals surface area contributed by atoms with Crippen molar-refractivity contribution in [3.8, 4) is 0 Å². The molecule has 0 amide bonds. The van der Waals surface area contributed by atoms with Gasteiger partial charge >= 0.3 is 0 Å². The van der Waals surface area contributed by atoms with Crippen LogP contribution in [-0.2, 0) is 0 Å². The van der Waals surface area contributed by atoms with Gasteiger partial charge in [0.15, 0.2) is 0 Å². The number of allylic oxidation sites excluding steroid dienone is 8. The fraction of sp³-hybridized carbons (Fsp3) is 0.231. The topological polar surface area (TPSA) is 0 Å². The first-order chi connectivity index (χ1) is 6.25. The molecule has 13 heavy (non-hydrogen) atoms. The molecule has 1 aliphatic rings. The molecule has 0 atom stereocenters. The largest absolute Gasteiger partial charge is 0.0991 e. The molecule has 0 aromatic rings. The predicted molar refractivity (Wildman–Crippen MR) is 59.6 cm³/mol. The molecule has 0 heterocycles. The van der Waals surface area contributed by atoms with Crippen LogP contribution in [0.5, 0.6) is 0 Å². The van der Waals surface area contributed by atoms with Crippen LogP contribution < -0.4 is 0 Å². The lowest BCUT2D eigenvalue weighted by atomic mass is 9.93. The number of hydrogen-bond acceptors (Lipinski definition) is 0. The van der Waals surface area contributed by atoms with E-state index in [1.54, 1.807) is 6.08 Å². The Labute approximate surface area is 80.7 Å². The van der Waals surface area contributed by atoms with E-state index in [9.17, 15) is 0 Å². The van der Waals surface area contributed by atoms with E-state index in [2.05, 4.69) is 32.2 Å². The molecule has 0 nitrogen and oxygen atoms in total. The monoisotopic (exact) mass is 172 g/mol. The molecular formula is C13H16. The third-order valence-corrected chi connectivity index (χ3v) is 2.23. The van der Waals surface area contributed by atoms with Crippen molar-refractivity contribution >= 4 is 0 Å². The van der Waals surface area contributed by atoms with Crippen molar-refractivity contribution in [2.24, 2.45) is 0 Å². The Balaban J connectivity index is 2.81. The minimum absolute atomic E-state index is 1.11. The Morgan fingerprint density at radius 3 is 2.92 bits per heavy atom. The molecule has 0 saturated carbocycles. The minimum atomic E-state index is 1.11. The van der Waals surface area contributed by atoms with E-state index in [-0.39, 0.29) is 0 Å². The Hall–Kier alpha value is -1.30. The van der Waals surface area contributed by atoms with Crippen molar-refractivity contribution in [3.05, 3.63) is 60.3 Å². The summed E-state index contributed by atoms with van der Waals surface area (Å²) in [5, 5.41) is 0. The maximum atomic E-state index is 4.04. The van der Waals surface area contributed by atoms with Gasteiger partial charge in [-0.3, -0.25) is 0 Å². The van der Waals surface area contributed by atoms with E-state index in [1.807, 2.05) is 12.2 Å². The third-order valence-electron chi connectivity index (χ3n) is 2.23.